The SMILES string of the molecule is CCCC1CCN(c2ncnc(OC(C)C)c2N)C1. The van der Waals surface area contributed by atoms with Gasteiger partial charge in [-0.15, -0.1) is 0 Å². The molecule has 1 aromatic heterocycles. The fourth-order valence-electron chi connectivity index (χ4n) is 2.61. The van der Waals surface area contributed by atoms with Crippen LogP contribution in [0.1, 0.15) is 40.0 Å². The average molecular weight is 264 g/mol. The minimum Gasteiger partial charge on any atom is -0.473 e. The van der Waals surface area contributed by atoms with Crippen molar-refractivity contribution in [2.75, 3.05) is 23.7 Å². The van der Waals surface area contributed by atoms with E-state index in [2.05, 4.69) is 21.8 Å². The first-order valence-electron chi connectivity index (χ1n) is 7.13. The number of rotatable bonds is 5. The lowest BCUT2D eigenvalue weighted by atomic mass is 10.0. The van der Waals surface area contributed by atoms with Gasteiger partial charge < -0.3 is 15.4 Å². The molecule has 2 N–H and O–H groups in total. The summed E-state index contributed by atoms with van der Waals surface area (Å²) < 4.78 is 5.62. The molecule has 1 aromatic rings. The van der Waals surface area contributed by atoms with E-state index in [1.807, 2.05) is 13.8 Å². The van der Waals surface area contributed by atoms with E-state index < -0.39 is 0 Å². The van der Waals surface area contributed by atoms with Crippen molar-refractivity contribution >= 4 is 11.5 Å². The number of aromatic nitrogens is 2. The molecule has 0 aliphatic carbocycles. The Labute approximate surface area is 115 Å². The molecular formula is C14H24N4O. The fourth-order valence-corrected chi connectivity index (χ4v) is 2.61. The van der Waals surface area contributed by atoms with Crippen LogP contribution >= 0.6 is 0 Å². The van der Waals surface area contributed by atoms with Gasteiger partial charge in [0.25, 0.3) is 0 Å². The first-order chi connectivity index (χ1) is 9.11. The van der Waals surface area contributed by atoms with Crippen LogP contribution in [0.15, 0.2) is 6.33 Å². The number of anilines is 2. The topological polar surface area (TPSA) is 64.3 Å². The lowest BCUT2D eigenvalue weighted by molar-refractivity contribution is 0.234. The first kappa shape index (κ1) is 13.9. The Kier molecular flexibility index (Phi) is 4.45. The van der Waals surface area contributed by atoms with Crippen molar-refractivity contribution in [1.29, 1.82) is 0 Å². The van der Waals surface area contributed by atoms with E-state index in [9.17, 15) is 0 Å². The van der Waals surface area contributed by atoms with Gasteiger partial charge in [-0.25, -0.2) is 4.98 Å². The summed E-state index contributed by atoms with van der Waals surface area (Å²) in [6, 6.07) is 0. The smallest absolute Gasteiger partial charge is 0.242 e. The van der Waals surface area contributed by atoms with Gasteiger partial charge in [0.2, 0.25) is 5.88 Å². The van der Waals surface area contributed by atoms with Gasteiger partial charge in [0, 0.05) is 13.1 Å². The van der Waals surface area contributed by atoms with Gasteiger partial charge in [0.05, 0.1) is 6.10 Å². The molecule has 1 atom stereocenters. The zero-order valence-electron chi connectivity index (χ0n) is 12.1. The zero-order chi connectivity index (χ0) is 13.8. The lowest BCUT2D eigenvalue weighted by Gasteiger charge is -2.20. The monoisotopic (exact) mass is 264 g/mol. The molecule has 5 heteroatoms. The minimum atomic E-state index is 0.0662. The normalized spacial score (nSPS) is 19.2. The molecule has 2 rings (SSSR count). The van der Waals surface area contributed by atoms with Gasteiger partial charge >= 0.3 is 0 Å². The fraction of sp³-hybridized carbons (Fsp3) is 0.714. The summed E-state index contributed by atoms with van der Waals surface area (Å²) in [5.74, 6) is 2.08. The maximum atomic E-state index is 6.14. The van der Waals surface area contributed by atoms with E-state index in [0.29, 0.717) is 11.6 Å². The standard InChI is InChI=1S/C14H24N4O/c1-4-5-11-6-7-18(8-11)13-12(15)14(17-9-16-13)19-10(2)3/h9-11H,4-8,15H2,1-3H3. The molecule has 0 aromatic carbocycles. The van der Waals surface area contributed by atoms with Gasteiger partial charge in [-0.05, 0) is 32.6 Å². The number of ether oxygens (including phenoxy) is 1. The van der Waals surface area contributed by atoms with Crippen LogP contribution in [-0.2, 0) is 0 Å². The van der Waals surface area contributed by atoms with Crippen molar-refractivity contribution in [1.82, 2.24) is 9.97 Å². The number of nitrogens with two attached hydrogens (primary N) is 1. The van der Waals surface area contributed by atoms with Crippen LogP contribution in [0.25, 0.3) is 0 Å². The minimum absolute atomic E-state index is 0.0662. The molecule has 1 saturated heterocycles. The van der Waals surface area contributed by atoms with Gasteiger partial charge in [0.15, 0.2) is 5.82 Å². The van der Waals surface area contributed by atoms with Crippen molar-refractivity contribution in [2.24, 2.45) is 5.92 Å². The molecular weight excluding hydrogens is 240 g/mol. The number of hydrogen-bond donors (Lipinski definition) is 1. The molecule has 0 radical (unpaired) electrons. The van der Waals surface area contributed by atoms with E-state index in [-0.39, 0.29) is 6.10 Å². The van der Waals surface area contributed by atoms with Crippen molar-refractivity contribution in [2.45, 2.75) is 46.1 Å². The van der Waals surface area contributed by atoms with E-state index >= 15 is 0 Å². The van der Waals surface area contributed by atoms with Gasteiger partial charge in [-0.2, -0.15) is 4.98 Å². The van der Waals surface area contributed by atoms with Crippen molar-refractivity contribution < 1.29 is 4.74 Å². The molecule has 19 heavy (non-hydrogen) atoms. The molecule has 106 valence electrons. The molecule has 1 unspecified atom stereocenters. The molecule has 1 aliphatic heterocycles. The molecule has 2 heterocycles. The second-order valence-corrected chi connectivity index (χ2v) is 5.47. The Morgan fingerprint density at radius 1 is 1.47 bits per heavy atom. The first-order valence-corrected chi connectivity index (χ1v) is 7.13. The highest BCUT2D eigenvalue weighted by atomic mass is 16.5. The summed E-state index contributed by atoms with van der Waals surface area (Å²) in [6.07, 6.45) is 5.33. The van der Waals surface area contributed by atoms with E-state index in [1.54, 1.807) is 0 Å². The predicted octanol–water partition coefficient (Wildman–Crippen LogP) is 2.47. The van der Waals surface area contributed by atoms with Crippen molar-refractivity contribution in [3.05, 3.63) is 6.33 Å². The molecule has 1 aliphatic rings. The third kappa shape index (κ3) is 3.28. The second-order valence-electron chi connectivity index (χ2n) is 5.47. The predicted molar refractivity (Wildman–Crippen MR) is 77.4 cm³/mol. The quantitative estimate of drug-likeness (QED) is 0.885. The average Bonchev–Trinajstić information content (AvgIpc) is 2.80. The third-order valence-electron chi connectivity index (χ3n) is 3.46. The molecule has 0 amide bonds. The van der Waals surface area contributed by atoms with Crippen molar-refractivity contribution in [3.8, 4) is 5.88 Å². The number of nitrogen functional groups attached to an aromatic ring is 1. The lowest BCUT2D eigenvalue weighted by Crippen LogP contribution is -2.23. The summed E-state index contributed by atoms with van der Waals surface area (Å²) in [5.41, 5.74) is 6.70. The summed E-state index contributed by atoms with van der Waals surface area (Å²) >= 11 is 0. The Bertz CT molecular complexity index is 422. The van der Waals surface area contributed by atoms with Crippen LogP contribution in [-0.4, -0.2) is 29.2 Å². The zero-order valence-corrected chi connectivity index (χ0v) is 12.1. The summed E-state index contributed by atoms with van der Waals surface area (Å²) in [6.45, 7) is 8.22. The molecule has 1 fully saturated rings. The molecule has 0 saturated carbocycles. The number of hydrogen-bond acceptors (Lipinski definition) is 5. The van der Waals surface area contributed by atoms with Gasteiger partial charge in [0.1, 0.15) is 12.0 Å². The Morgan fingerprint density at radius 2 is 2.26 bits per heavy atom. The van der Waals surface area contributed by atoms with Crippen LogP contribution < -0.4 is 15.4 Å². The highest BCUT2D eigenvalue weighted by Crippen LogP contribution is 2.32. The Hall–Kier alpha value is -1.52. The Morgan fingerprint density at radius 3 is 2.95 bits per heavy atom. The van der Waals surface area contributed by atoms with Crippen LogP contribution in [0.4, 0.5) is 11.5 Å². The highest BCUT2D eigenvalue weighted by Gasteiger charge is 2.25. The van der Waals surface area contributed by atoms with E-state index in [1.165, 1.54) is 25.6 Å². The summed E-state index contributed by atoms with van der Waals surface area (Å²) in [5, 5.41) is 0. The summed E-state index contributed by atoms with van der Waals surface area (Å²) in [4.78, 5) is 10.7. The van der Waals surface area contributed by atoms with Crippen molar-refractivity contribution in [3.63, 3.8) is 0 Å². The molecule has 0 bridgehead atoms. The van der Waals surface area contributed by atoms with E-state index in [4.69, 9.17) is 10.5 Å². The molecule has 0 spiro atoms. The highest BCUT2D eigenvalue weighted by molar-refractivity contribution is 5.68. The number of nitrogens with zero attached hydrogens (tertiary/aromatic N) is 3. The van der Waals surface area contributed by atoms with E-state index in [0.717, 1.165) is 24.8 Å². The maximum absolute atomic E-state index is 6.14. The van der Waals surface area contributed by atoms with Crippen LogP contribution in [0, 0.1) is 5.92 Å². The third-order valence-corrected chi connectivity index (χ3v) is 3.46. The summed E-state index contributed by atoms with van der Waals surface area (Å²) in [7, 11) is 0. The largest absolute Gasteiger partial charge is 0.473 e. The van der Waals surface area contributed by atoms with Crippen LogP contribution in [0.3, 0.4) is 0 Å². The molecule has 5 nitrogen and oxygen atoms in total. The van der Waals surface area contributed by atoms with Gasteiger partial charge in [-0.3, -0.25) is 0 Å². The van der Waals surface area contributed by atoms with Crippen LogP contribution in [0.2, 0.25) is 0 Å². The Balaban J connectivity index is 2.12. The van der Waals surface area contributed by atoms with Gasteiger partial charge in [-0.1, -0.05) is 13.3 Å². The van der Waals surface area contributed by atoms with Crippen LogP contribution in [0.5, 0.6) is 5.88 Å². The second kappa shape index (κ2) is 6.08. The maximum Gasteiger partial charge on any atom is 0.242 e.